The number of benzene rings is 2. The lowest BCUT2D eigenvalue weighted by molar-refractivity contribution is 0.215. The van der Waals surface area contributed by atoms with E-state index in [1.165, 1.54) is 0 Å². The molecule has 0 aliphatic rings. The van der Waals surface area contributed by atoms with Crippen LogP contribution < -0.4 is 5.32 Å². The molecule has 0 aliphatic heterocycles. The molecule has 1 N–H and O–H groups in total. The van der Waals surface area contributed by atoms with Gasteiger partial charge in [-0.05, 0) is 11.1 Å². The Hall–Kier alpha value is -2.29. The zero-order valence-corrected chi connectivity index (χ0v) is 11.2. The van der Waals surface area contributed by atoms with Gasteiger partial charge in [0.1, 0.15) is 0 Å². The number of amides is 2. The summed E-state index contributed by atoms with van der Waals surface area (Å²) in [5.74, 6) is 0. The average molecular weight is 254 g/mol. The molecular formula is C16H18N2O. The van der Waals surface area contributed by atoms with Crippen LogP contribution in [0.1, 0.15) is 17.2 Å². The predicted molar refractivity (Wildman–Crippen MR) is 76.9 cm³/mol. The zero-order chi connectivity index (χ0) is 13.7. The Morgan fingerprint density at radius 3 is 1.68 bits per heavy atom. The summed E-state index contributed by atoms with van der Waals surface area (Å²) in [4.78, 5) is 13.5. The number of rotatable bonds is 3. The van der Waals surface area contributed by atoms with Crippen molar-refractivity contribution in [3.8, 4) is 0 Å². The average Bonchev–Trinajstić information content (AvgIpc) is 2.46. The molecule has 3 heteroatoms. The Balaban J connectivity index is 2.32. The smallest absolute Gasteiger partial charge is 0.317 e. The lowest BCUT2D eigenvalue weighted by atomic mass is 9.99. The Kier molecular flexibility index (Phi) is 4.18. The number of carbonyl (C=O) groups is 1. The number of carbonyl (C=O) groups excluding carboxylic acids is 1. The number of urea groups is 1. The maximum atomic E-state index is 11.9. The molecule has 0 radical (unpaired) electrons. The summed E-state index contributed by atoms with van der Waals surface area (Å²) in [6, 6.07) is 19.7. The second-order valence-corrected chi connectivity index (χ2v) is 4.60. The van der Waals surface area contributed by atoms with Crippen molar-refractivity contribution < 1.29 is 4.79 Å². The molecule has 0 atom stereocenters. The van der Waals surface area contributed by atoms with E-state index < -0.39 is 0 Å². The minimum Gasteiger partial charge on any atom is -0.331 e. The Labute approximate surface area is 113 Å². The van der Waals surface area contributed by atoms with Gasteiger partial charge in [0.15, 0.2) is 0 Å². The first-order valence-corrected chi connectivity index (χ1v) is 6.26. The van der Waals surface area contributed by atoms with E-state index in [4.69, 9.17) is 0 Å². The highest BCUT2D eigenvalue weighted by Crippen LogP contribution is 2.21. The van der Waals surface area contributed by atoms with Crippen LogP contribution in [0.3, 0.4) is 0 Å². The fourth-order valence-electron chi connectivity index (χ4n) is 1.90. The van der Waals surface area contributed by atoms with E-state index in [0.29, 0.717) is 0 Å². The summed E-state index contributed by atoms with van der Waals surface area (Å²) in [6.45, 7) is 0. The van der Waals surface area contributed by atoms with Crippen LogP contribution in [0.15, 0.2) is 60.7 Å². The zero-order valence-electron chi connectivity index (χ0n) is 11.2. The van der Waals surface area contributed by atoms with E-state index in [1.807, 2.05) is 60.7 Å². The second-order valence-electron chi connectivity index (χ2n) is 4.60. The molecule has 2 aromatic carbocycles. The second kappa shape index (κ2) is 6.05. The molecule has 0 bridgehead atoms. The van der Waals surface area contributed by atoms with Gasteiger partial charge in [0.2, 0.25) is 0 Å². The lowest BCUT2D eigenvalue weighted by Crippen LogP contribution is -2.37. The molecule has 98 valence electrons. The van der Waals surface area contributed by atoms with Gasteiger partial charge >= 0.3 is 6.03 Å². The van der Waals surface area contributed by atoms with Crippen molar-refractivity contribution in [1.29, 1.82) is 0 Å². The monoisotopic (exact) mass is 254 g/mol. The van der Waals surface area contributed by atoms with E-state index in [0.717, 1.165) is 11.1 Å². The van der Waals surface area contributed by atoms with Gasteiger partial charge in [0.05, 0.1) is 6.04 Å². The van der Waals surface area contributed by atoms with E-state index in [-0.39, 0.29) is 12.1 Å². The van der Waals surface area contributed by atoms with Crippen molar-refractivity contribution >= 4 is 6.03 Å². The third-order valence-electron chi connectivity index (χ3n) is 2.94. The molecular weight excluding hydrogens is 236 g/mol. The summed E-state index contributed by atoms with van der Waals surface area (Å²) in [7, 11) is 3.48. The molecule has 0 aromatic heterocycles. The van der Waals surface area contributed by atoms with Gasteiger partial charge in [0, 0.05) is 14.1 Å². The molecule has 19 heavy (non-hydrogen) atoms. The number of hydrogen-bond acceptors (Lipinski definition) is 1. The molecule has 2 aromatic rings. The fourth-order valence-corrected chi connectivity index (χ4v) is 1.90. The van der Waals surface area contributed by atoms with Gasteiger partial charge in [-0.1, -0.05) is 60.7 Å². The molecule has 0 fully saturated rings. The Bertz CT molecular complexity index is 483. The minimum absolute atomic E-state index is 0.0993. The molecule has 0 saturated heterocycles. The quantitative estimate of drug-likeness (QED) is 0.897. The van der Waals surface area contributed by atoms with Crippen molar-refractivity contribution in [1.82, 2.24) is 10.2 Å². The molecule has 0 spiro atoms. The molecule has 0 saturated carbocycles. The van der Waals surface area contributed by atoms with Gasteiger partial charge in [-0.3, -0.25) is 0 Å². The number of nitrogens with one attached hydrogen (secondary N) is 1. The van der Waals surface area contributed by atoms with Crippen LogP contribution in [0, 0.1) is 0 Å². The minimum atomic E-state index is -0.128. The highest BCUT2D eigenvalue weighted by atomic mass is 16.2. The predicted octanol–water partition coefficient (Wildman–Crippen LogP) is 3.05. The van der Waals surface area contributed by atoms with Crippen LogP contribution in [0.2, 0.25) is 0 Å². The summed E-state index contributed by atoms with van der Waals surface area (Å²) in [5, 5.41) is 3.04. The molecule has 0 heterocycles. The summed E-state index contributed by atoms with van der Waals surface area (Å²) < 4.78 is 0. The highest BCUT2D eigenvalue weighted by molar-refractivity contribution is 5.74. The topological polar surface area (TPSA) is 32.3 Å². The van der Waals surface area contributed by atoms with Crippen molar-refractivity contribution in [2.24, 2.45) is 0 Å². The van der Waals surface area contributed by atoms with Gasteiger partial charge in [-0.2, -0.15) is 0 Å². The largest absolute Gasteiger partial charge is 0.331 e. The first-order valence-electron chi connectivity index (χ1n) is 6.26. The molecule has 3 nitrogen and oxygen atoms in total. The number of nitrogens with zero attached hydrogens (tertiary/aromatic N) is 1. The summed E-state index contributed by atoms with van der Waals surface area (Å²) in [5.41, 5.74) is 2.15. The van der Waals surface area contributed by atoms with Crippen LogP contribution in [0.5, 0.6) is 0 Å². The van der Waals surface area contributed by atoms with Gasteiger partial charge in [-0.15, -0.1) is 0 Å². The summed E-state index contributed by atoms with van der Waals surface area (Å²) in [6.07, 6.45) is 0. The normalized spacial score (nSPS) is 10.3. The van der Waals surface area contributed by atoms with Crippen molar-refractivity contribution in [2.45, 2.75) is 6.04 Å². The van der Waals surface area contributed by atoms with Crippen LogP contribution in [0.25, 0.3) is 0 Å². The van der Waals surface area contributed by atoms with Crippen LogP contribution >= 0.6 is 0 Å². The van der Waals surface area contributed by atoms with Crippen LogP contribution in [-0.4, -0.2) is 25.0 Å². The third kappa shape index (κ3) is 3.35. The Morgan fingerprint density at radius 1 is 0.895 bits per heavy atom. The van der Waals surface area contributed by atoms with Crippen LogP contribution in [0.4, 0.5) is 4.79 Å². The van der Waals surface area contributed by atoms with E-state index in [1.54, 1.807) is 19.0 Å². The van der Waals surface area contributed by atoms with Crippen molar-refractivity contribution in [3.63, 3.8) is 0 Å². The van der Waals surface area contributed by atoms with Gasteiger partial charge in [-0.25, -0.2) is 4.79 Å². The standard InChI is InChI=1S/C16H18N2O/c1-18(2)16(19)17-15(13-9-5-3-6-10-13)14-11-7-4-8-12-14/h3-12,15H,1-2H3,(H,17,19). The maximum absolute atomic E-state index is 11.9. The first kappa shape index (κ1) is 13.1. The Morgan fingerprint density at radius 2 is 1.32 bits per heavy atom. The number of hydrogen-bond donors (Lipinski definition) is 1. The lowest BCUT2D eigenvalue weighted by Gasteiger charge is -2.22. The molecule has 2 rings (SSSR count). The molecule has 0 unspecified atom stereocenters. The van der Waals surface area contributed by atoms with Gasteiger partial charge in [0.25, 0.3) is 0 Å². The SMILES string of the molecule is CN(C)C(=O)NC(c1ccccc1)c1ccccc1. The van der Waals surface area contributed by atoms with E-state index in [2.05, 4.69) is 5.32 Å². The fraction of sp³-hybridized carbons (Fsp3) is 0.188. The summed E-state index contributed by atoms with van der Waals surface area (Å²) >= 11 is 0. The third-order valence-corrected chi connectivity index (χ3v) is 2.94. The van der Waals surface area contributed by atoms with Crippen molar-refractivity contribution in [2.75, 3.05) is 14.1 Å². The molecule has 0 aliphatic carbocycles. The van der Waals surface area contributed by atoms with E-state index in [9.17, 15) is 4.79 Å². The van der Waals surface area contributed by atoms with Crippen molar-refractivity contribution in [3.05, 3.63) is 71.8 Å². The first-order chi connectivity index (χ1) is 9.18. The highest BCUT2D eigenvalue weighted by Gasteiger charge is 2.16. The molecule has 2 amide bonds. The van der Waals surface area contributed by atoms with Gasteiger partial charge < -0.3 is 10.2 Å². The van der Waals surface area contributed by atoms with Crippen LogP contribution in [-0.2, 0) is 0 Å². The maximum Gasteiger partial charge on any atom is 0.317 e. The van der Waals surface area contributed by atoms with E-state index >= 15 is 0 Å².